The summed E-state index contributed by atoms with van der Waals surface area (Å²) in [6, 6.07) is 5.38. The van der Waals surface area contributed by atoms with Crippen molar-refractivity contribution in [3.05, 3.63) is 47.8 Å². The summed E-state index contributed by atoms with van der Waals surface area (Å²) < 4.78 is 38.9. The van der Waals surface area contributed by atoms with Crippen LogP contribution in [0.5, 0.6) is 0 Å². The minimum absolute atomic E-state index is 0.0302. The molecule has 0 heterocycles. The van der Waals surface area contributed by atoms with Crippen LogP contribution in [0.15, 0.2) is 30.9 Å². The van der Waals surface area contributed by atoms with E-state index in [1.165, 1.54) is 18.2 Å². The highest BCUT2D eigenvalue weighted by Crippen LogP contribution is 2.16. The van der Waals surface area contributed by atoms with Gasteiger partial charge in [-0.15, -0.1) is 6.58 Å². The second-order valence-electron chi connectivity index (χ2n) is 4.04. The molecule has 0 bridgehead atoms. The van der Waals surface area contributed by atoms with Crippen LogP contribution < -0.4 is 0 Å². The van der Waals surface area contributed by atoms with E-state index in [0.717, 1.165) is 10.4 Å². The lowest BCUT2D eigenvalue weighted by Gasteiger charge is -2.19. The van der Waals surface area contributed by atoms with Crippen LogP contribution >= 0.6 is 0 Å². The minimum atomic E-state index is -3.79. The van der Waals surface area contributed by atoms with Crippen LogP contribution in [-0.4, -0.2) is 37.5 Å². The lowest BCUT2D eigenvalue weighted by molar-refractivity contribution is 0.260. The number of aliphatic hydroxyl groups excluding tert-OH is 1. The minimum Gasteiger partial charge on any atom is -0.395 e. The fraction of sp³-hybridized carbons (Fsp3) is 0.308. The first-order valence-corrected chi connectivity index (χ1v) is 7.43. The first-order chi connectivity index (χ1) is 9.44. The zero-order chi connectivity index (χ0) is 15.2. The third kappa shape index (κ3) is 4.13. The predicted octanol–water partition coefficient (Wildman–Crippen LogP) is 1.01. The molecule has 1 N–H and O–H groups in total. The largest absolute Gasteiger partial charge is 0.395 e. The normalized spacial score (nSPS) is 11.3. The van der Waals surface area contributed by atoms with E-state index in [-0.39, 0.29) is 30.8 Å². The van der Waals surface area contributed by atoms with E-state index < -0.39 is 21.6 Å². The van der Waals surface area contributed by atoms with Crippen LogP contribution in [0.4, 0.5) is 4.39 Å². The van der Waals surface area contributed by atoms with Gasteiger partial charge < -0.3 is 5.11 Å². The van der Waals surface area contributed by atoms with Crippen LogP contribution in [0.25, 0.3) is 0 Å². The summed E-state index contributed by atoms with van der Waals surface area (Å²) in [5.74, 6) is -1.25. The zero-order valence-electron chi connectivity index (χ0n) is 10.8. The van der Waals surface area contributed by atoms with Gasteiger partial charge >= 0.3 is 0 Å². The molecule has 0 amide bonds. The lowest BCUT2D eigenvalue weighted by atomic mass is 10.1. The van der Waals surface area contributed by atoms with Crippen molar-refractivity contribution in [2.24, 2.45) is 0 Å². The number of halogens is 1. The second kappa shape index (κ2) is 7.14. The first kappa shape index (κ1) is 16.3. The number of hydrogen-bond donors (Lipinski definition) is 1. The quantitative estimate of drug-likeness (QED) is 0.762. The molecule has 0 aliphatic carbocycles. The van der Waals surface area contributed by atoms with E-state index in [9.17, 15) is 12.8 Å². The van der Waals surface area contributed by atoms with Gasteiger partial charge in [0.25, 0.3) is 0 Å². The van der Waals surface area contributed by atoms with E-state index in [1.54, 1.807) is 0 Å². The average molecular weight is 298 g/mol. The fourth-order valence-corrected chi connectivity index (χ4v) is 3.13. The van der Waals surface area contributed by atoms with Crippen molar-refractivity contribution < 1.29 is 17.9 Å². The Morgan fingerprint density at radius 1 is 1.50 bits per heavy atom. The van der Waals surface area contributed by atoms with Crippen molar-refractivity contribution in [1.82, 2.24) is 4.31 Å². The fourth-order valence-electron chi connectivity index (χ4n) is 1.64. The van der Waals surface area contributed by atoms with Crippen LogP contribution in [0.3, 0.4) is 0 Å². The Labute approximate surface area is 117 Å². The van der Waals surface area contributed by atoms with Gasteiger partial charge in [-0.3, -0.25) is 0 Å². The van der Waals surface area contributed by atoms with Gasteiger partial charge in [-0.2, -0.15) is 9.57 Å². The molecule has 20 heavy (non-hydrogen) atoms. The topological polar surface area (TPSA) is 81.4 Å². The van der Waals surface area contributed by atoms with Crippen molar-refractivity contribution in [2.75, 3.05) is 19.7 Å². The van der Waals surface area contributed by atoms with Gasteiger partial charge in [-0.1, -0.05) is 6.08 Å². The number of rotatable bonds is 7. The SMILES string of the molecule is C=CCN(CCO)S(=O)(=O)Cc1cc(C#N)ccc1F. The molecular formula is C13H15FN2O3S. The molecule has 7 heteroatoms. The molecule has 0 aliphatic heterocycles. The van der Waals surface area contributed by atoms with Crippen molar-refractivity contribution in [3.8, 4) is 6.07 Å². The number of sulfonamides is 1. The van der Waals surface area contributed by atoms with Crippen LogP contribution in [0.2, 0.25) is 0 Å². The third-order valence-corrected chi connectivity index (χ3v) is 4.38. The Bertz CT molecular complexity index is 623. The van der Waals surface area contributed by atoms with Crippen molar-refractivity contribution in [2.45, 2.75) is 5.75 Å². The number of hydrogen-bond acceptors (Lipinski definition) is 4. The summed E-state index contributed by atoms with van der Waals surface area (Å²) >= 11 is 0. The molecule has 1 aromatic carbocycles. The molecular weight excluding hydrogens is 283 g/mol. The zero-order valence-corrected chi connectivity index (χ0v) is 11.6. The molecule has 0 atom stereocenters. The molecule has 0 unspecified atom stereocenters. The van der Waals surface area contributed by atoms with Crippen molar-refractivity contribution in [1.29, 1.82) is 5.26 Å². The van der Waals surface area contributed by atoms with Gasteiger partial charge in [0.15, 0.2) is 0 Å². The third-order valence-electron chi connectivity index (χ3n) is 2.59. The summed E-state index contributed by atoms with van der Waals surface area (Å²) in [5.41, 5.74) is 0.116. The Balaban J connectivity index is 3.06. The van der Waals surface area contributed by atoms with Crippen LogP contribution in [-0.2, 0) is 15.8 Å². The van der Waals surface area contributed by atoms with Gasteiger partial charge in [-0.25, -0.2) is 12.8 Å². The molecule has 0 aliphatic rings. The molecule has 0 aromatic heterocycles. The summed E-state index contributed by atoms with van der Waals surface area (Å²) in [6.45, 7) is 3.04. The highest BCUT2D eigenvalue weighted by molar-refractivity contribution is 7.88. The Hall–Kier alpha value is -1.75. The molecule has 1 aromatic rings. The molecule has 108 valence electrons. The molecule has 0 saturated heterocycles. The Kier molecular flexibility index (Phi) is 5.82. The Morgan fingerprint density at radius 3 is 2.75 bits per heavy atom. The summed E-state index contributed by atoms with van der Waals surface area (Å²) in [6.07, 6.45) is 1.38. The molecule has 0 fully saturated rings. The van der Waals surface area contributed by atoms with Crippen molar-refractivity contribution in [3.63, 3.8) is 0 Å². The Morgan fingerprint density at radius 2 is 2.20 bits per heavy atom. The standard InChI is InChI=1S/C13H15FN2O3S/c1-2-5-16(6-7-17)20(18,19)10-12-8-11(9-15)3-4-13(12)14/h2-4,8,17H,1,5-7,10H2. The van der Waals surface area contributed by atoms with Gasteiger partial charge in [0.2, 0.25) is 10.0 Å². The highest BCUT2D eigenvalue weighted by atomic mass is 32.2. The number of nitriles is 1. The molecule has 5 nitrogen and oxygen atoms in total. The number of benzene rings is 1. The summed E-state index contributed by atoms with van der Waals surface area (Å²) in [7, 11) is -3.79. The maximum absolute atomic E-state index is 13.6. The van der Waals surface area contributed by atoms with Gasteiger partial charge in [-0.05, 0) is 18.2 Å². The van der Waals surface area contributed by atoms with Gasteiger partial charge in [0.05, 0.1) is 24.0 Å². The predicted molar refractivity (Wildman–Crippen MR) is 72.6 cm³/mol. The summed E-state index contributed by atoms with van der Waals surface area (Å²) in [4.78, 5) is 0. The van der Waals surface area contributed by atoms with E-state index in [1.807, 2.05) is 6.07 Å². The van der Waals surface area contributed by atoms with Crippen LogP contribution in [0, 0.1) is 17.1 Å². The smallest absolute Gasteiger partial charge is 0.218 e. The van der Waals surface area contributed by atoms with Crippen molar-refractivity contribution >= 4 is 10.0 Å². The summed E-state index contributed by atoms with van der Waals surface area (Å²) in [5, 5.41) is 17.6. The van der Waals surface area contributed by atoms with Gasteiger partial charge in [0.1, 0.15) is 5.82 Å². The number of aliphatic hydroxyl groups is 1. The number of nitrogens with zero attached hydrogens (tertiary/aromatic N) is 2. The molecule has 0 radical (unpaired) electrons. The monoisotopic (exact) mass is 298 g/mol. The van der Waals surface area contributed by atoms with Gasteiger partial charge in [0, 0.05) is 18.7 Å². The molecule has 0 spiro atoms. The maximum Gasteiger partial charge on any atom is 0.218 e. The lowest BCUT2D eigenvalue weighted by Crippen LogP contribution is -2.34. The van der Waals surface area contributed by atoms with E-state index in [0.29, 0.717) is 0 Å². The average Bonchev–Trinajstić information content (AvgIpc) is 2.41. The van der Waals surface area contributed by atoms with Crippen LogP contribution in [0.1, 0.15) is 11.1 Å². The maximum atomic E-state index is 13.6. The highest BCUT2D eigenvalue weighted by Gasteiger charge is 2.22. The second-order valence-corrected chi connectivity index (χ2v) is 6.01. The van der Waals surface area contributed by atoms with E-state index >= 15 is 0 Å². The first-order valence-electron chi connectivity index (χ1n) is 5.82. The van der Waals surface area contributed by atoms with E-state index in [2.05, 4.69) is 6.58 Å². The molecule has 0 saturated carbocycles. The van der Waals surface area contributed by atoms with E-state index in [4.69, 9.17) is 10.4 Å². The molecule has 1 rings (SSSR count).